The van der Waals surface area contributed by atoms with Crippen molar-refractivity contribution in [1.29, 1.82) is 0 Å². The van der Waals surface area contributed by atoms with Crippen molar-refractivity contribution >= 4 is 35.0 Å². The summed E-state index contributed by atoms with van der Waals surface area (Å²) in [5.74, 6) is 1.16. The third-order valence-electron chi connectivity index (χ3n) is 6.77. The molecule has 0 saturated heterocycles. The molecule has 5 rings (SSSR count). The fourth-order valence-corrected chi connectivity index (χ4v) is 5.95. The SMILES string of the molecule is CCOC(=O)C1=C(C)N=c2s/c(=C\c3ccc(OCc4ccccc4Cl)cc3)c(=O)n2[C@H]1c1ccc(OC)c(OC)c1. The van der Waals surface area contributed by atoms with Crippen LogP contribution >= 0.6 is 22.9 Å². The van der Waals surface area contributed by atoms with Crippen molar-refractivity contribution in [3.05, 3.63) is 119 Å². The molecule has 2 heterocycles. The summed E-state index contributed by atoms with van der Waals surface area (Å²) >= 11 is 7.49. The molecule has 1 aliphatic heterocycles. The van der Waals surface area contributed by atoms with Gasteiger partial charge in [0, 0.05) is 10.6 Å². The molecule has 0 fully saturated rings. The van der Waals surface area contributed by atoms with Crippen molar-refractivity contribution in [3.8, 4) is 17.2 Å². The van der Waals surface area contributed by atoms with Gasteiger partial charge in [0.05, 0.1) is 42.7 Å². The first-order valence-corrected chi connectivity index (χ1v) is 14.4. The van der Waals surface area contributed by atoms with E-state index < -0.39 is 12.0 Å². The van der Waals surface area contributed by atoms with E-state index in [0.717, 1.165) is 11.1 Å². The Morgan fingerprint density at radius 1 is 1.05 bits per heavy atom. The van der Waals surface area contributed by atoms with E-state index in [9.17, 15) is 9.59 Å². The molecule has 4 aromatic rings. The Hall–Kier alpha value is -4.34. The number of rotatable bonds is 9. The minimum absolute atomic E-state index is 0.191. The molecule has 0 aliphatic carbocycles. The van der Waals surface area contributed by atoms with Crippen LogP contribution in [0.3, 0.4) is 0 Å². The van der Waals surface area contributed by atoms with E-state index in [2.05, 4.69) is 4.99 Å². The maximum atomic E-state index is 13.9. The van der Waals surface area contributed by atoms with E-state index >= 15 is 0 Å². The number of thiazole rings is 1. The topological polar surface area (TPSA) is 88.4 Å². The van der Waals surface area contributed by atoms with Crippen LogP contribution in [-0.4, -0.2) is 31.4 Å². The van der Waals surface area contributed by atoms with E-state index in [-0.39, 0.29) is 12.2 Å². The molecule has 1 aliphatic rings. The fraction of sp³-hybridized carbons (Fsp3) is 0.219. The molecule has 216 valence electrons. The van der Waals surface area contributed by atoms with Gasteiger partial charge in [0.15, 0.2) is 16.3 Å². The third kappa shape index (κ3) is 5.84. The van der Waals surface area contributed by atoms with Crippen molar-refractivity contribution < 1.29 is 23.7 Å². The summed E-state index contributed by atoms with van der Waals surface area (Å²) in [6.07, 6.45) is 1.80. The van der Waals surface area contributed by atoms with E-state index in [0.29, 0.717) is 55.0 Å². The van der Waals surface area contributed by atoms with Gasteiger partial charge in [-0.15, -0.1) is 0 Å². The number of aromatic nitrogens is 1. The number of benzene rings is 3. The number of allylic oxidation sites excluding steroid dienone is 1. The average molecular weight is 605 g/mol. The molecule has 3 aromatic carbocycles. The number of esters is 1. The summed E-state index contributed by atoms with van der Waals surface area (Å²) in [6.45, 7) is 4.02. The number of hydrogen-bond acceptors (Lipinski definition) is 8. The van der Waals surface area contributed by atoms with Crippen LogP contribution in [0.15, 0.2) is 87.8 Å². The van der Waals surface area contributed by atoms with Gasteiger partial charge >= 0.3 is 5.97 Å². The zero-order valence-electron chi connectivity index (χ0n) is 23.5. The highest BCUT2D eigenvalue weighted by Crippen LogP contribution is 2.36. The van der Waals surface area contributed by atoms with Gasteiger partial charge in [-0.2, -0.15) is 0 Å². The van der Waals surface area contributed by atoms with Crippen molar-refractivity contribution in [2.24, 2.45) is 4.99 Å². The van der Waals surface area contributed by atoms with E-state index in [4.69, 9.17) is 30.5 Å². The van der Waals surface area contributed by atoms with Gasteiger partial charge in [-0.1, -0.05) is 59.3 Å². The summed E-state index contributed by atoms with van der Waals surface area (Å²) in [7, 11) is 3.08. The number of ether oxygens (including phenoxy) is 4. The van der Waals surface area contributed by atoms with Crippen LogP contribution in [0.25, 0.3) is 6.08 Å². The third-order valence-corrected chi connectivity index (χ3v) is 8.12. The highest BCUT2D eigenvalue weighted by Gasteiger charge is 2.33. The molecular weight excluding hydrogens is 576 g/mol. The molecule has 8 nitrogen and oxygen atoms in total. The minimum Gasteiger partial charge on any atom is -0.493 e. The maximum absolute atomic E-state index is 13.9. The van der Waals surface area contributed by atoms with Gasteiger partial charge in [-0.3, -0.25) is 9.36 Å². The Labute approximate surface area is 251 Å². The molecule has 0 N–H and O–H groups in total. The lowest BCUT2D eigenvalue weighted by atomic mass is 9.95. The number of methoxy groups -OCH3 is 2. The monoisotopic (exact) mass is 604 g/mol. The van der Waals surface area contributed by atoms with Crippen LogP contribution in [0.5, 0.6) is 17.2 Å². The highest BCUT2D eigenvalue weighted by atomic mass is 35.5. The molecule has 0 amide bonds. The molecule has 1 atom stereocenters. The number of fused-ring (bicyclic) bond motifs is 1. The van der Waals surface area contributed by atoms with Gasteiger partial charge in [-0.05, 0) is 61.4 Å². The number of carbonyl (C=O) groups is 1. The van der Waals surface area contributed by atoms with Gasteiger partial charge in [0.1, 0.15) is 12.4 Å². The number of carbonyl (C=O) groups excluding carboxylic acids is 1. The summed E-state index contributed by atoms with van der Waals surface area (Å²) in [6, 6.07) is 19.5. The van der Waals surface area contributed by atoms with Crippen LogP contribution in [0, 0.1) is 0 Å². The molecule has 0 spiro atoms. The standard InChI is InChI=1S/C32H29ClN2O6S/c1-5-40-31(37)28-19(2)34-32-35(29(28)21-12-15-25(38-3)26(17-21)39-4)30(36)27(42-32)16-20-10-13-23(14-11-20)41-18-22-8-6-7-9-24(22)33/h6-17,29H,5,18H2,1-4H3/b27-16-/t29-/m0/s1. The predicted molar refractivity (Wildman–Crippen MR) is 162 cm³/mol. The Morgan fingerprint density at radius 3 is 2.48 bits per heavy atom. The Bertz CT molecular complexity index is 1840. The smallest absolute Gasteiger partial charge is 0.338 e. The van der Waals surface area contributed by atoms with Crippen LogP contribution in [0.1, 0.15) is 36.6 Å². The Balaban J connectivity index is 1.53. The van der Waals surface area contributed by atoms with Crippen molar-refractivity contribution in [1.82, 2.24) is 4.57 Å². The first-order valence-electron chi connectivity index (χ1n) is 13.2. The van der Waals surface area contributed by atoms with Gasteiger partial charge < -0.3 is 18.9 Å². The number of nitrogens with zero attached hydrogens (tertiary/aromatic N) is 2. The molecule has 0 saturated carbocycles. The molecular formula is C32H29ClN2O6S. The van der Waals surface area contributed by atoms with E-state index in [1.54, 1.807) is 39.2 Å². The second kappa shape index (κ2) is 12.7. The van der Waals surface area contributed by atoms with Crippen molar-refractivity contribution in [2.45, 2.75) is 26.5 Å². The molecule has 10 heteroatoms. The molecule has 42 heavy (non-hydrogen) atoms. The molecule has 0 radical (unpaired) electrons. The van der Waals surface area contributed by atoms with Crippen LogP contribution in [0.4, 0.5) is 0 Å². The van der Waals surface area contributed by atoms with Gasteiger partial charge in [-0.25, -0.2) is 9.79 Å². The lowest BCUT2D eigenvalue weighted by Crippen LogP contribution is -2.39. The zero-order chi connectivity index (χ0) is 29.8. The van der Waals surface area contributed by atoms with Crippen LogP contribution in [0.2, 0.25) is 5.02 Å². The normalized spacial score (nSPS) is 14.7. The second-order valence-corrected chi connectivity index (χ2v) is 10.8. The van der Waals surface area contributed by atoms with Gasteiger partial charge in [0.25, 0.3) is 5.56 Å². The molecule has 1 aromatic heterocycles. The van der Waals surface area contributed by atoms with Crippen molar-refractivity contribution in [3.63, 3.8) is 0 Å². The summed E-state index contributed by atoms with van der Waals surface area (Å²) in [5.41, 5.74) is 2.88. The Kier molecular flexibility index (Phi) is 8.80. The Morgan fingerprint density at radius 2 is 1.79 bits per heavy atom. The second-order valence-electron chi connectivity index (χ2n) is 9.37. The largest absolute Gasteiger partial charge is 0.493 e. The predicted octanol–water partition coefficient (Wildman–Crippen LogP) is 5.05. The summed E-state index contributed by atoms with van der Waals surface area (Å²) in [4.78, 5) is 32.1. The van der Waals surface area contributed by atoms with Crippen LogP contribution in [-0.2, 0) is 16.1 Å². The lowest BCUT2D eigenvalue weighted by molar-refractivity contribution is -0.139. The quantitative estimate of drug-likeness (QED) is 0.249. The fourth-order valence-electron chi connectivity index (χ4n) is 4.72. The maximum Gasteiger partial charge on any atom is 0.338 e. The number of halogens is 1. The van der Waals surface area contributed by atoms with Crippen LogP contribution < -0.4 is 29.1 Å². The highest BCUT2D eigenvalue weighted by molar-refractivity contribution is 7.07. The van der Waals surface area contributed by atoms with Gasteiger partial charge in [0.2, 0.25) is 0 Å². The lowest BCUT2D eigenvalue weighted by Gasteiger charge is -2.25. The molecule has 0 bridgehead atoms. The van der Waals surface area contributed by atoms with E-state index in [1.807, 2.05) is 54.6 Å². The summed E-state index contributed by atoms with van der Waals surface area (Å²) in [5, 5.41) is 0.650. The summed E-state index contributed by atoms with van der Waals surface area (Å²) < 4.78 is 24.2. The van der Waals surface area contributed by atoms with Crippen molar-refractivity contribution in [2.75, 3.05) is 20.8 Å². The number of hydrogen-bond donors (Lipinski definition) is 0. The average Bonchev–Trinajstić information content (AvgIpc) is 3.30. The zero-order valence-corrected chi connectivity index (χ0v) is 25.1. The van der Waals surface area contributed by atoms with E-state index in [1.165, 1.54) is 23.0 Å². The molecule has 0 unspecified atom stereocenters. The first kappa shape index (κ1) is 29.2. The minimum atomic E-state index is -0.761. The first-order chi connectivity index (χ1) is 20.3.